The summed E-state index contributed by atoms with van der Waals surface area (Å²) in [7, 11) is 0. The second kappa shape index (κ2) is 9.22. The Morgan fingerprint density at radius 2 is 1.97 bits per heavy atom. The van der Waals surface area contributed by atoms with Gasteiger partial charge in [0.25, 0.3) is 5.56 Å². The molecule has 0 unspecified atom stereocenters. The Kier molecular flexibility index (Phi) is 6.39. The largest absolute Gasteiger partial charge is 0.355 e. The van der Waals surface area contributed by atoms with Gasteiger partial charge in [0.1, 0.15) is 11.0 Å². The highest BCUT2D eigenvalue weighted by molar-refractivity contribution is 7.99. The van der Waals surface area contributed by atoms with E-state index in [-0.39, 0.29) is 23.3 Å². The van der Waals surface area contributed by atoms with Crippen LogP contribution in [0.4, 0.5) is 5.69 Å². The van der Waals surface area contributed by atoms with Crippen molar-refractivity contribution in [1.29, 1.82) is 0 Å². The minimum atomic E-state index is -0.192. The lowest BCUT2D eigenvalue weighted by atomic mass is 10.1. The van der Waals surface area contributed by atoms with Gasteiger partial charge in [0.05, 0.1) is 5.75 Å². The highest BCUT2D eigenvalue weighted by atomic mass is 35.5. The van der Waals surface area contributed by atoms with Crippen LogP contribution < -0.4 is 10.9 Å². The third kappa shape index (κ3) is 4.45. The summed E-state index contributed by atoms with van der Waals surface area (Å²) in [5.41, 5.74) is 4.33. The van der Waals surface area contributed by atoms with E-state index in [1.165, 1.54) is 11.8 Å². The number of aromatic nitrogens is 3. The summed E-state index contributed by atoms with van der Waals surface area (Å²) in [6.07, 6.45) is 1.81. The highest BCUT2D eigenvalue weighted by Crippen LogP contribution is 2.29. The average Bonchev–Trinajstić information content (AvgIpc) is 3.19. The first-order valence-corrected chi connectivity index (χ1v) is 11.6. The number of fused-ring (bicyclic) bond motifs is 1. The predicted molar refractivity (Wildman–Crippen MR) is 132 cm³/mol. The van der Waals surface area contributed by atoms with Crippen molar-refractivity contribution in [1.82, 2.24) is 14.5 Å². The molecule has 0 saturated carbocycles. The fourth-order valence-corrected chi connectivity index (χ4v) is 4.59. The van der Waals surface area contributed by atoms with Crippen LogP contribution in [0.1, 0.15) is 25.5 Å². The molecule has 0 aliphatic carbocycles. The number of aryl methyl sites for hydroxylation is 1. The number of rotatable bonds is 6. The fraction of sp³-hybridized carbons (Fsp3) is 0.208. The maximum atomic E-state index is 13.2. The fourth-order valence-electron chi connectivity index (χ4n) is 3.49. The number of hydrogen-bond donors (Lipinski definition) is 2. The smallest absolute Gasteiger partial charge is 0.278 e. The molecule has 0 aliphatic rings. The molecule has 8 heteroatoms. The van der Waals surface area contributed by atoms with Crippen LogP contribution in [0.2, 0.25) is 5.02 Å². The van der Waals surface area contributed by atoms with Crippen LogP contribution in [0.3, 0.4) is 0 Å². The minimum Gasteiger partial charge on any atom is -0.355 e. The molecule has 2 aromatic heterocycles. The molecular formula is C24H23ClN4O2S. The molecule has 4 aromatic rings. The monoisotopic (exact) mass is 466 g/mol. The lowest BCUT2D eigenvalue weighted by Crippen LogP contribution is -2.26. The van der Waals surface area contributed by atoms with E-state index >= 15 is 0 Å². The van der Waals surface area contributed by atoms with Crippen LogP contribution in [0.5, 0.6) is 0 Å². The summed E-state index contributed by atoms with van der Waals surface area (Å²) in [6.45, 7) is 5.76. The SMILES string of the molecule is Cc1ccc(Cl)cc1NC(=O)CSc1nc2c(-c3ccccc3)c[nH]c2c(=O)n1C(C)C. The van der Waals surface area contributed by atoms with Gasteiger partial charge in [-0.15, -0.1) is 0 Å². The zero-order valence-corrected chi connectivity index (χ0v) is 19.6. The van der Waals surface area contributed by atoms with Gasteiger partial charge in [-0.3, -0.25) is 14.2 Å². The number of nitrogens with zero attached hydrogens (tertiary/aromatic N) is 2. The van der Waals surface area contributed by atoms with E-state index in [1.807, 2.05) is 63.4 Å². The van der Waals surface area contributed by atoms with E-state index in [1.54, 1.807) is 16.7 Å². The number of thioether (sulfide) groups is 1. The van der Waals surface area contributed by atoms with E-state index in [2.05, 4.69) is 10.3 Å². The standard InChI is InChI=1S/C24H23ClN4O2S/c1-14(2)29-23(31)22-21(18(12-26-22)16-7-5-4-6-8-16)28-24(29)32-13-20(30)27-19-11-17(25)10-9-15(19)3/h4-12,14,26H,13H2,1-3H3,(H,27,30). The molecule has 0 saturated heterocycles. The van der Waals surface area contributed by atoms with Crippen LogP contribution >= 0.6 is 23.4 Å². The van der Waals surface area contributed by atoms with Crippen molar-refractivity contribution in [2.75, 3.05) is 11.1 Å². The third-order valence-corrected chi connectivity index (χ3v) is 6.29. The van der Waals surface area contributed by atoms with E-state index in [4.69, 9.17) is 16.6 Å². The summed E-state index contributed by atoms with van der Waals surface area (Å²) < 4.78 is 1.62. The van der Waals surface area contributed by atoms with Gasteiger partial charge in [0, 0.05) is 28.5 Å². The average molecular weight is 467 g/mol. The molecule has 0 radical (unpaired) electrons. The van der Waals surface area contributed by atoms with Gasteiger partial charge in [0.2, 0.25) is 5.91 Å². The Morgan fingerprint density at radius 1 is 1.22 bits per heavy atom. The molecule has 0 fully saturated rings. The molecule has 6 nitrogen and oxygen atoms in total. The Hall–Kier alpha value is -3.03. The zero-order chi connectivity index (χ0) is 22.8. The topological polar surface area (TPSA) is 79.8 Å². The van der Waals surface area contributed by atoms with Crippen LogP contribution in [-0.4, -0.2) is 26.2 Å². The maximum Gasteiger partial charge on any atom is 0.278 e. The second-order valence-corrected chi connectivity index (χ2v) is 9.13. The van der Waals surface area contributed by atoms with E-state index in [9.17, 15) is 9.59 Å². The zero-order valence-electron chi connectivity index (χ0n) is 18.0. The summed E-state index contributed by atoms with van der Waals surface area (Å²) in [4.78, 5) is 33.7. The van der Waals surface area contributed by atoms with Crippen LogP contribution in [0, 0.1) is 6.92 Å². The lowest BCUT2D eigenvalue weighted by Gasteiger charge is -2.15. The molecule has 32 heavy (non-hydrogen) atoms. The molecule has 0 aliphatic heterocycles. The molecule has 0 spiro atoms. The molecule has 2 N–H and O–H groups in total. The van der Waals surface area contributed by atoms with Crippen molar-refractivity contribution in [3.8, 4) is 11.1 Å². The van der Waals surface area contributed by atoms with Crippen molar-refractivity contribution in [3.63, 3.8) is 0 Å². The molecule has 164 valence electrons. The Balaban J connectivity index is 1.66. The number of carbonyl (C=O) groups excluding carboxylic acids is 1. The Morgan fingerprint density at radius 3 is 2.69 bits per heavy atom. The molecule has 2 heterocycles. The Labute approximate surface area is 195 Å². The van der Waals surface area contributed by atoms with Gasteiger partial charge in [-0.2, -0.15) is 0 Å². The number of hydrogen-bond acceptors (Lipinski definition) is 4. The quantitative estimate of drug-likeness (QED) is 0.283. The van der Waals surface area contributed by atoms with Crippen molar-refractivity contribution >= 4 is 46.0 Å². The number of carbonyl (C=O) groups is 1. The molecule has 4 rings (SSSR count). The number of nitrogens with one attached hydrogen (secondary N) is 2. The highest BCUT2D eigenvalue weighted by Gasteiger charge is 2.19. The van der Waals surface area contributed by atoms with Crippen LogP contribution in [0.15, 0.2) is 64.7 Å². The van der Waals surface area contributed by atoms with Gasteiger partial charge < -0.3 is 10.3 Å². The number of H-pyrrole nitrogens is 1. The number of benzene rings is 2. The Bertz CT molecular complexity index is 1350. The first kappa shape index (κ1) is 22.2. The number of anilines is 1. The van der Waals surface area contributed by atoms with Crippen molar-refractivity contribution in [3.05, 3.63) is 75.7 Å². The normalized spacial score (nSPS) is 11.3. The summed E-state index contributed by atoms with van der Waals surface area (Å²) in [5, 5.41) is 3.95. The summed E-state index contributed by atoms with van der Waals surface area (Å²) >= 11 is 7.29. The second-order valence-electron chi connectivity index (χ2n) is 7.75. The number of amides is 1. The first-order chi connectivity index (χ1) is 15.3. The van der Waals surface area contributed by atoms with E-state index in [0.717, 1.165) is 16.7 Å². The number of halogens is 1. The van der Waals surface area contributed by atoms with Crippen molar-refractivity contribution < 1.29 is 4.79 Å². The van der Waals surface area contributed by atoms with E-state index in [0.29, 0.717) is 26.9 Å². The van der Waals surface area contributed by atoms with Crippen LogP contribution in [-0.2, 0) is 4.79 Å². The molecular weight excluding hydrogens is 444 g/mol. The molecule has 0 bridgehead atoms. The first-order valence-electron chi connectivity index (χ1n) is 10.2. The third-order valence-electron chi connectivity index (χ3n) is 5.11. The summed E-state index contributed by atoms with van der Waals surface area (Å²) in [5.74, 6) is -0.0794. The summed E-state index contributed by atoms with van der Waals surface area (Å²) in [6, 6.07) is 15.0. The van der Waals surface area contributed by atoms with Gasteiger partial charge in [0.15, 0.2) is 5.16 Å². The van der Waals surface area contributed by atoms with Crippen molar-refractivity contribution in [2.24, 2.45) is 0 Å². The van der Waals surface area contributed by atoms with Crippen LogP contribution in [0.25, 0.3) is 22.2 Å². The number of aromatic amines is 1. The minimum absolute atomic E-state index is 0.108. The lowest BCUT2D eigenvalue weighted by molar-refractivity contribution is -0.113. The van der Waals surface area contributed by atoms with E-state index < -0.39 is 0 Å². The van der Waals surface area contributed by atoms with Gasteiger partial charge in [-0.25, -0.2) is 4.98 Å². The van der Waals surface area contributed by atoms with Gasteiger partial charge in [-0.05, 0) is 44.0 Å². The van der Waals surface area contributed by atoms with Gasteiger partial charge >= 0.3 is 0 Å². The molecule has 0 atom stereocenters. The molecule has 1 amide bonds. The molecule has 2 aromatic carbocycles. The van der Waals surface area contributed by atoms with Crippen molar-refractivity contribution in [2.45, 2.75) is 32.0 Å². The predicted octanol–water partition coefficient (Wildman–Crippen LogP) is 5.67. The van der Waals surface area contributed by atoms with Gasteiger partial charge in [-0.1, -0.05) is 59.8 Å². The maximum absolute atomic E-state index is 13.2.